The van der Waals surface area contributed by atoms with Crippen molar-refractivity contribution in [3.63, 3.8) is 0 Å². The van der Waals surface area contributed by atoms with E-state index in [0.717, 1.165) is 51.4 Å². The van der Waals surface area contributed by atoms with Gasteiger partial charge in [0.05, 0.1) is 18.5 Å². The second-order valence-electron chi connectivity index (χ2n) is 7.42. The van der Waals surface area contributed by atoms with Crippen molar-refractivity contribution in [2.75, 3.05) is 49.1 Å². The number of aryl methyl sites for hydroxylation is 1. The minimum Gasteiger partial charge on any atom is -0.376 e. The number of rotatable bonds is 5. The number of amides is 1. The lowest BCUT2D eigenvalue weighted by Gasteiger charge is -2.36. The number of hydrogen-bond donors (Lipinski definition) is 1. The molecule has 1 aromatic heterocycles. The van der Waals surface area contributed by atoms with Crippen LogP contribution in [0.25, 0.3) is 0 Å². The molecule has 2 fully saturated rings. The zero-order valence-electron chi connectivity index (χ0n) is 16.3. The van der Waals surface area contributed by atoms with E-state index in [1.165, 1.54) is 11.3 Å². The number of anilines is 2. The van der Waals surface area contributed by atoms with Gasteiger partial charge in [0.1, 0.15) is 11.5 Å². The number of carbonyl (C=O) groups is 1. The van der Waals surface area contributed by atoms with Crippen molar-refractivity contribution in [1.29, 1.82) is 0 Å². The second-order valence-corrected chi connectivity index (χ2v) is 7.42. The average Bonchev–Trinajstić information content (AvgIpc) is 3.26. The van der Waals surface area contributed by atoms with Crippen LogP contribution in [0.3, 0.4) is 0 Å². The van der Waals surface area contributed by atoms with E-state index in [1.807, 2.05) is 0 Å². The quantitative estimate of drug-likeness (QED) is 0.855. The van der Waals surface area contributed by atoms with Crippen LogP contribution in [0.15, 0.2) is 36.7 Å². The summed E-state index contributed by atoms with van der Waals surface area (Å²) in [7, 11) is 0. The maximum absolute atomic E-state index is 12.2. The Morgan fingerprint density at radius 3 is 2.68 bits per heavy atom. The van der Waals surface area contributed by atoms with Crippen LogP contribution in [0.4, 0.5) is 11.5 Å². The zero-order chi connectivity index (χ0) is 19.3. The molecule has 148 valence electrons. The molecule has 1 aromatic carbocycles. The number of piperazine rings is 1. The van der Waals surface area contributed by atoms with Crippen molar-refractivity contribution in [3.8, 4) is 0 Å². The van der Waals surface area contributed by atoms with E-state index in [9.17, 15) is 4.79 Å². The summed E-state index contributed by atoms with van der Waals surface area (Å²) in [6, 6.07) is 8.60. The lowest BCUT2D eigenvalue weighted by molar-refractivity contribution is 0.0853. The van der Waals surface area contributed by atoms with Gasteiger partial charge in [-0.05, 0) is 37.5 Å². The Kier molecular flexibility index (Phi) is 5.71. The van der Waals surface area contributed by atoms with E-state index < -0.39 is 0 Å². The van der Waals surface area contributed by atoms with Gasteiger partial charge in [0.15, 0.2) is 0 Å². The van der Waals surface area contributed by atoms with Gasteiger partial charge in [-0.15, -0.1) is 0 Å². The highest BCUT2D eigenvalue weighted by Crippen LogP contribution is 2.20. The molecule has 0 spiro atoms. The van der Waals surface area contributed by atoms with Crippen LogP contribution >= 0.6 is 0 Å². The summed E-state index contributed by atoms with van der Waals surface area (Å²) < 4.78 is 5.52. The molecular weight excluding hydrogens is 354 g/mol. The van der Waals surface area contributed by atoms with Crippen LogP contribution in [0.5, 0.6) is 0 Å². The molecule has 1 unspecified atom stereocenters. The largest absolute Gasteiger partial charge is 0.376 e. The van der Waals surface area contributed by atoms with E-state index in [2.05, 4.69) is 56.3 Å². The maximum atomic E-state index is 12.2. The first kappa shape index (κ1) is 18.7. The Morgan fingerprint density at radius 2 is 2.00 bits per heavy atom. The lowest BCUT2D eigenvalue weighted by Crippen LogP contribution is -2.47. The Bertz CT molecular complexity index is 797. The SMILES string of the molecule is Cc1cccc(N2CCN(c3cnc(C(=O)NCC4CCCO4)cn3)CC2)c1. The third-order valence-corrected chi connectivity index (χ3v) is 5.36. The van der Waals surface area contributed by atoms with Crippen LogP contribution in [-0.2, 0) is 4.74 Å². The summed E-state index contributed by atoms with van der Waals surface area (Å²) in [5.74, 6) is 0.624. The van der Waals surface area contributed by atoms with Gasteiger partial charge in [-0.2, -0.15) is 0 Å². The van der Waals surface area contributed by atoms with E-state index in [0.29, 0.717) is 12.2 Å². The summed E-state index contributed by atoms with van der Waals surface area (Å²) in [5.41, 5.74) is 2.89. The molecule has 0 aliphatic carbocycles. The highest BCUT2D eigenvalue weighted by molar-refractivity contribution is 5.92. The predicted octanol–water partition coefficient (Wildman–Crippen LogP) is 2.02. The van der Waals surface area contributed by atoms with Crippen LogP contribution in [-0.4, -0.2) is 61.3 Å². The molecule has 0 saturated carbocycles. The van der Waals surface area contributed by atoms with Gasteiger partial charge < -0.3 is 19.9 Å². The monoisotopic (exact) mass is 381 g/mol. The van der Waals surface area contributed by atoms with Crippen molar-refractivity contribution >= 4 is 17.4 Å². The molecule has 7 heteroatoms. The molecule has 7 nitrogen and oxygen atoms in total. The van der Waals surface area contributed by atoms with Crippen LogP contribution in [0.2, 0.25) is 0 Å². The first-order valence-electron chi connectivity index (χ1n) is 9.97. The summed E-state index contributed by atoms with van der Waals surface area (Å²) in [5, 5.41) is 2.88. The van der Waals surface area contributed by atoms with Gasteiger partial charge in [-0.25, -0.2) is 9.97 Å². The first-order valence-corrected chi connectivity index (χ1v) is 9.97. The molecule has 1 atom stereocenters. The van der Waals surface area contributed by atoms with Crippen LogP contribution < -0.4 is 15.1 Å². The van der Waals surface area contributed by atoms with Gasteiger partial charge in [0, 0.05) is 45.0 Å². The van der Waals surface area contributed by atoms with Crippen LogP contribution in [0.1, 0.15) is 28.9 Å². The third-order valence-electron chi connectivity index (χ3n) is 5.36. The Morgan fingerprint density at radius 1 is 1.18 bits per heavy atom. The van der Waals surface area contributed by atoms with Gasteiger partial charge in [0.2, 0.25) is 0 Å². The molecule has 2 aliphatic heterocycles. The predicted molar refractivity (Wildman–Crippen MR) is 109 cm³/mol. The second kappa shape index (κ2) is 8.56. The molecule has 2 saturated heterocycles. The fourth-order valence-electron chi connectivity index (χ4n) is 3.72. The standard InChI is InChI=1S/C21H27N5O2/c1-16-4-2-5-17(12-16)25-7-9-26(10-8-25)20-15-22-19(14-23-20)21(27)24-13-18-6-3-11-28-18/h2,4-5,12,14-15,18H,3,6-11,13H2,1H3,(H,24,27). The van der Waals surface area contributed by atoms with Gasteiger partial charge in [-0.3, -0.25) is 4.79 Å². The third kappa shape index (κ3) is 4.42. The van der Waals surface area contributed by atoms with E-state index >= 15 is 0 Å². The number of nitrogens with one attached hydrogen (secondary N) is 1. The minimum absolute atomic E-state index is 0.126. The zero-order valence-corrected chi connectivity index (χ0v) is 16.3. The topological polar surface area (TPSA) is 70.6 Å². The molecule has 28 heavy (non-hydrogen) atoms. The van der Waals surface area contributed by atoms with Crippen molar-refractivity contribution < 1.29 is 9.53 Å². The molecular formula is C21H27N5O2. The normalized spacial score (nSPS) is 19.7. The molecule has 4 rings (SSSR count). The summed E-state index contributed by atoms with van der Waals surface area (Å²) >= 11 is 0. The molecule has 3 heterocycles. The number of nitrogens with zero attached hydrogens (tertiary/aromatic N) is 4. The van der Waals surface area contributed by atoms with Gasteiger partial charge >= 0.3 is 0 Å². The van der Waals surface area contributed by atoms with Crippen LogP contribution in [0, 0.1) is 6.92 Å². The number of benzene rings is 1. The summed E-state index contributed by atoms with van der Waals surface area (Å²) in [6.07, 6.45) is 5.45. The molecule has 1 amide bonds. The minimum atomic E-state index is -0.196. The highest BCUT2D eigenvalue weighted by atomic mass is 16.5. The highest BCUT2D eigenvalue weighted by Gasteiger charge is 2.20. The maximum Gasteiger partial charge on any atom is 0.271 e. The number of aromatic nitrogens is 2. The van der Waals surface area contributed by atoms with Crippen molar-refractivity contribution in [2.45, 2.75) is 25.9 Å². The van der Waals surface area contributed by atoms with Gasteiger partial charge in [0.25, 0.3) is 5.91 Å². The molecule has 2 aliphatic rings. The Hall–Kier alpha value is -2.67. The summed E-state index contributed by atoms with van der Waals surface area (Å²) in [6.45, 7) is 7.08. The molecule has 0 radical (unpaired) electrons. The molecule has 1 N–H and O–H groups in total. The number of ether oxygens (including phenoxy) is 1. The average molecular weight is 381 g/mol. The van der Waals surface area contributed by atoms with Crippen molar-refractivity contribution in [3.05, 3.63) is 47.9 Å². The van der Waals surface area contributed by atoms with Crippen molar-refractivity contribution in [2.24, 2.45) is 0 Å². The van der Waals surface area contributed by atoms with Gasteiger partial charge in [-0.1, -0.05) is 12.1 Å². The van der Waals surface area contributed by atoms with E-state index in [1.54, 1.807) is 12.4 Å². The Labute approximate surface area is 165 Å². The number of hydrogen-bond acceptors (Lipinski definition) is 6. The molecule has 0 bridgehead atoms. The van der Waals surface area contributed by atoms with E-state index in [4.69, 9.17) is 4.74 Å². The summed E-state index contributed by atoms with van der Waals surface area (Å²) in [4.78, 5) is 25.6. The number of carbonyl (C=O) groups excluding carboxylic acids is 1. The fourth-order valence-corrected chi connectivity index (χ4v) is 3.72. The lowest BCUT2D eigenvalue weighted by atomic mass is 10.2. The smallest absolute Gasteiger partial charge is 0.271 e. The molecule has 2 aromatic rings. The first-order chi connectivity index (χ1) is 13.7. The fraction of sp³-hybridized carbons (Fsp3) is 0.476. The van der Waals surface area contributed by atoms with E-state index in [-0.39, 0.29) is 12.0 Å². The van der Waals surface area contributed by atoms with Crippen molar-refractivity contribution in [1.82, 2.24) is 15.3 Å². The Balaban J connectivity index is 1.30.